The number of benzene rings is 2. The zero-order valence-electron chi connectivity index (χ0n) is 17.5. The predicted molar refractivity (Wildman–Crippen MR) is 126 cm³/mol. The molecule has 0 saturated carbocycles. The molecule has 2 amide bonds. The number of carbonyl (C=O) groups excluding carboxylic acids is 2. The van der Waals surface area contributed by atoms with Crippen LogP contribution in [-0.4, -0.2) is 32.3 Å². The van der Waals surface area contributed by atoms with E-state index in [0.717, 1.165) is 10.2 Å². The van der Waals surface area contributed by atoms with Crippen LogP contribution in [0.4, 0.5) is 5.69 Å². The van der Waals surface area contributed by atoms with Gasteiger partial charge in [0, 0.05) is 22.8 Å². The molecule has 9 heteroatoms. The van der Waals surface area contributed by atoms with Crippen molar-refractivity contribution in [1.82, 2.24) is 20.1 Å². The molecular formula is C22H24BrN5O2S. The quantitative estimate of drug-likeness (QED) is 0.445. The molecule has 0 aliphatic carbocycles. The molecule has 162 valence electrons. The summed E-state index contributed by atoms with van der Waals surface area (Å²) in [5.74, 6) is 0.652. The van der Waals surface area contributed by atoms with E-state index in [4.69, 9.17) is 0 Å². The van der Waals surface area contributed by atoms with E-state index in [1.54, 1.807) is 12.1 Å². The molecule has 0 aliphatic heterocycles. The second kappa shape index (κ2) is 10.6. The predicted octanol–water partition coefficient (Wildman–Crippen LogP) is 4.44. The molecule has 1 aromatic heterocycles. The summed E-state index contributed by atoms with van der Waals surface area (Å²) in [6.45, 7) is 4.03. The Morgan fingerprint density at radius 1 is 1.10 bits per heavy atom. The van der Waals surface area contributed by atoms with Gasteiger partial charge in [-0.1, -0.05) is 65.8 Å². The van der Waals surface area contributed by atoms with Gasteiger partial charge in [-0.2, -0.15) is 0 Å². The maximum atomic E-state index is 12.6. The lowest BCUT2D eigenvalue weighted by Crippen LogP contribution is -2.33. The van der Waals surface area contributed by atoms with Crippen molar-refractivity contribution in [3.8, 4) is 0 Å². The Balaban J connectivity index is 1.65. The highest BCUT2D eigenvalue weighted by Gasteiger charge is 2.25. The van der Waals surface area contributed by atoms with Gasteiger partial charge in [0.05, 0.1) is 11.8 Å². The number of anilines is 1. The van der Waals surface area contributed by atoms with Crippen LogP contribution in [0.25, 0.3) is 0 Å². The van der Waals surface area contributed by atoms with Crippen molar-refractivity contribution in [1.29, 1.82) is 0 Å². The molecule has 0 unspecified atom stereocenters. The van der Waals surface area contributed by atoms with Crippen molar-refractivity contribution in [2.45, 2.75) is 25.0 Å². The lowest BCUT2D eigenvalue weighted by atomic mass is 10.0. The first-order valence-electron chi connectivity index (χ1n) is 9.78. The second-order valence-corrected chi connectivity index (χ2v) is 9.17. The van der Waals surface area contributed by atoms with Gasteiger partial charge in [-0.3, -0.25) is 9.59 Å². The minimum absolute atomic E-state index is 0.105. The summed E-state index contributed by atoms with van der Waals surface area (Å²) < 4.78 is 2.72. The first kappa shape index (κ1) is 23.0. The van der Waals surface area contributed by atoms with Crippen LogP contribution in [0, 0.1) is 5.92 Å². The molecule has 2 N–H and O–H groups in total. The van der Waals surface area contributed by atoms with E-state index in [1.165, 1.54) is 11.8 Å². The molecule has 1 heterocycles. The van der Waals surface area contributed by atoms with Crippen LogP contribution in [0.3, 0.4) is 0 Å². The molecule has 0 fully saturated rings. The van der Waals surface area contributed by atoms with Gasteiger partial charge < -0.3 is 15.2 Å². The highest BCUT2D eigenvalue weighted by molar-refractivity contribution is 9.10. The van der Waals surface area contributed by atoms with E-state index in [0.29, 0.717) is 16.5 Å². The highest BCUT2D eigenvalue weighted by atomic mass is 79.9. The molecular weight excluding hydrogens is 478 g/mol. The molecule has 0 spiro atoms. The van der Waals surface area contributed by atoms with E-state index in [1.807, 2.05) is 67.9 Å². The largest absolute Gasteiger partial charge is 0.342 e. The zero-order chi connectivity index (χ0) is 22.4. The third kappa shape index (κ3) is 6.18. The SMILES string of the molecule is CC(C)[C@H](NC(=O)c1ccccc1)c1nnc(SCC(=O)Nc2cccc(Br)c2)n1C. The summed E-state index contributed by atoms with van der Waals surface area (Å²) in [6.07, 6.45) is 0. The number of nitrogens with zero attached hydrogens (tertiary/aromatic N) is 3. The number of hydrogen-bond donors (Lipinski definition) is 2. The van der Waals surface area contributed by atoms with E-state index >= 15 is 0 Å². The Hall–Kier alpha value is -2.65. The molecule has 1 atom stereocenters. The molecule has 0 aliphatic rings. The van der Waals surface area contributed by atoms with Gasteiger partial charge >= 0.3 is 0 Å². The average Bonchev–Trinajstić information content (AvgIpc) is 3.10. The summed E-state index contributed by atoms with van der Waals surface area (Å²) in [7, 11) is 1.84. The van der Waals surface area contributed by atoms with Crippen LogP contribution in [0.5, 0.6) is 0 Å². The summed E-state index contributed by atoms with van der Waals surface area (Å²) in [6, 6.07) is 16.2. The van der Waals surface area contributed by atoms with Crippen molar-refractivity contribution in [3.63, 3.8) is 0 Å². The first-order valence-corrected chi connectivity index (χ1v) is 11.6. The maximum absolute atomic E-state index is 12.6. The van der Waals surface area contributed by atoms with Gasteiger partial charge in [-0.05, 0) is 36.2 Å². The van der Waals surface area contributed by atoms with Gasteiger partial charge in [0.1, 0.15) is 0 Å². The number of carbonyl (C=O) groups is 2. The average molecular weight is 502 g/mol. The van der Waals surface area contributed by atoms with Crippen molar-refractivity contribution < 1.29 is 9.59 Å². The molecule has 0 radical (unpaired) electrons. The molecule has 2 aromatic carbocycles. The Bertz CT molecular complexity index is 1060. The fourth-order valence-corrected chi connectivity index (χ4v) is 4.08. The van der Waals surface area contributed by atoms with Crippen LogP contribution >= 0.6 is 27.7 Å². The number of halogens is 1. The van der Waals surface area contributed by atoms with Gasteiger partial charge in [-0.15, -0.1) is 10.2 Å². The third-order valence-corrected chi connectivity index (χ3v) is 6.09. The monoisotopic (exact) mass is 501 g/mol. The summed E-state index contributed by atoms with van der Waals surface area (Å²) in [4.78, 5) is 24.9. The second-order valence-electron chi connectivity index (χ2n) is 7.31. The van der Waals surface area contributed by atoms with E-state index in [-0.39, 0.29) is 29.5 Å². The number of nitrogens with one attached hydrogen (secondary N) is 2. The van der Waals surface area contributed by atoms with Crippen molar-refractivity contribution in [2.75, 3.05) is 11.1 Å². The molecule has 3 aromatic rings. The Labute approximate surface area is 194 Å². The summed E-state index contributed by atoms with van der Waals surface area (Å²) in [5, 5.41) is 15.0. The minimum Gasteiger partial charge on any atom is -0.342 e. The van der Waals surface area contributed by atoms with Crippen molar-refractivity contribution in [3.05, 3.63) is 70.5 Å². The summed E-state index contributed by atoms with van der Waals surface area (Å²) in [5.41, 5.74) is 1.32. The lowest BCUT2D eigenvalue weighted by molar-refractivity contribution is -0.113. The van der Waals surface area contributed by atoms with E-state index in [9.17, 15) is 9.59 Å². The van der Waals surface area contributed by atoms with E-state index in [2.05, 4.69) is 36.8 Å². The first-order chi connectivity index (χ1) is 14.8. The standard InChI is InChI=1S/C22H24BrN5O2S/c1-14(2)19(25-21(30)15-8-5-4-6-9-15)20-26-27-22(28(20)3)31-13-18(29)24-17-11-7-10-16(23)12-17/h4-12,14,19H,13H2,1-3H3,(H,24,29)(H,25,30)/t19-/m0/s1. The number of aromatic nitrogens is 3. The van der Waals surface area contributed by atoms with Crippen LogP contribution in [0.15, 0.2) is 64.2 Å². The fraction of sp³-hybridized carbons (Fsp3) is 0.273. The molecule has 7 nitrogen and oxygen atoms in total. The van der Waals surface area contributed by atoms with Gasteiger partial charge in [0.15, 0.2) is 11.0 Å². The van der Waals surface area contributed by atoms with Crippen LogP contribution in [-0.2, 0) is 11.8 Å². The Kier molecular flexibility index (Phi) is 7.86. The highest BCUT2D eigenvalue weighted by Crippen LogP contribution is 2.25. The third-order valence-electron chi connectivity index (χ3n) is 4.58. The van der Waals surface area contributed by atoms with Crippen LogP contribution in [0.1, 0.15) is 36.1 Å². The number of thioether (sulfide) groups is 1. The fourth-order valence-electron chi connectivity index (χ4n) is 2.96. The van der Waals surface area contributed by atoms with Crippen molar-refractivity contribution in [2.24, 2.45) is 13.0 Å². The minimum atomic E-state index is -0.310. The van der Waals surface area contributed by atoms with Gasteiger partial charge in [0.25, 0.3) is 5.91 Å². The van der Waals surface area contributed by atoms with Crippen LogP contribution < -0.4 is 10.6 Å². The molecule has 31 heavy (non-hydrogen) atoms. The maximum Gasteiger partial charge on any atom is 0.251 e. The normalized spacial score (nSPS) is 11.9. The molecule has 3 rings (SSSR count). The van der Waals surface area contributed by atoms with Crippen molar-refractivity contribution >= 4 is 45.2 Å². The zero-order valence-corrected chi connectivity index (χ0v) is 19.9. The smallest absolute Gasteiger partial charge is 0.251 e. The Morgan fingerprint density at radius 2 is 1.84 bits per heavy atom. The Morgan fingerprint density at radius 3 is 2.52 bits per heavy atom. The van der Waals surface area contributed by atoms with Gasteiger partial charge in [0.2, 0.25) is 5.91 Å². The summed E-state index contributed by atoms with van der Waals surface area (Å²) >= 11 is 4.69. The topological polar surface area (TPSA) is 88.9 Å². The van der Waals surface area contributed by atoms with E-state index < -0.39 is 0 Å². The molecule has 0 bridgehead atoms. The molecule has 0 saturated heterocycles. The number of amides is 2. The lowest BCUT2D eigenvalue weighted by Gasteiger charge is -2.21. The van der Waals surface area contributed by atoms with Gasteiger partial charge in [-0.25, -0.2) is 0 Å². The number of rotatable bonds is 8. The number of hydrogen-bond acceptors (Lipinski definition) is 5. The van der Waals surface area contributed by atoms with Crippen LogP contribution in [0.2, 0.25) is 0 Å².